The maximum Gasteiger partial charge on any atom is 0.334 e. The van der Waals surface area contributed by atoms with Crippen LogP contribution in [0.5, 0.6) is 0 Å². The Balaban J connectivity index is 2.75. The van der Waals surface area contributed by atoms with E-state index in [1.807, 2.05) is 0 Å². The molecule has 0 spiro atoms. The van der Waals surface area contributed by atoms with Crippen LogP contribution in [0.1, 0.15) is 19.9 Å². The van der Waals surface area contributed by atoms with Crippen molar-refractivity contribution in [3.05, 3.63) is 56.1 Å². The van der Waals surface area contributed by atoms with Crippen molar-refractivity contribution >= 4 is 17.6 Å². The zero-order valence-corrected chi connectivity index (χ0v) is 15.2. The minimum atomic E-state index is -0.696. The zero-order chi connectivity index (χ0) is 19.4. The maximum absolute atomic E-state index is 13.8. The number of carbonyl (C=O) groups excluding carboxylic acids is 1. The van der Waals surface area contributed by atoms with Gasteiger partial charge in [0.25, 0.3) is 5.56 Å². The highest BCUT2D eigenvalue weighted by Gasteiger charge is 2.20. The van der Waals surface area contributed by atoms with E-state index < -0.39 is 35.8 Å². The van der Waals surface area contributed by atoms with Crippen LogP contribution >= 0.6 is 11.6 Å². The van der Waals surface area contributed by atoms with Gasteiger partial charge in [0.05, 0.1) is 23.2 Å². The average molecular weight is 385 g/mol. The average Bonchev–Trinajstić information content (AvgIpc) is 2.57. The fraction of sp³-hybridized carbons (Fsp3) is 0.353. The summed E-state index contributed by atoms with van der Waals surface area (Å²) in [5.41, 5.74) is -1.20. The standard InChI is InChI=1S/C17H18ClFN2O5/c1-10(8-25-3)21-16(23)13(12-5-4-6-14(19)15(12)18)7-20(17(21)24)9-26-11(2)22/h4-7,10H,8-9H2,1-3H3/t10-/m0/s1. The Morgan fingerprint density at radius 3 is 2.62 bits per heavy atom. The van der Waals surface area contributed by atoms with E-state index in [1.165, 1.54) is 32.4 Å². The van der Waals surface area contributed by atoms with Crippen LogP contribution in [0.3, 0.4) is 0 Å². The molecule has 0 saturated heterocycles. The molecule has 7 nitrogen and oxygen atoms in total. The Kier molecular flexibility index (Phi) is 6.33. The minimum Gasteiger partial charge on any atom is -0.444 e. The topological polar surface area (TPSA) is 79.5 Å². The lowest BCUT2D eigenvalue weighted by molar-refractivity contribution is -0.144. The molecule has 1 atom stereocenters. The number of carbonyl (C=O) groups is 1. The number of halogens is 2. The van der Waals surface area contributed by atoms with Crippen LogP contribution in [0.4, 0.5) is 4.39 Å². The number of hydrogen-bond donors (Lipinski definition) is 0. The van der Waals surface area contributed by atoms with Crippen LogP contribution in [0, 0.1) is 5.82 Å². The van der Waals surface area contributed by atoms with Crippen molar-refractivity contribution in [2.45, 2.75) is 26.6 Å². The molecule has 1 aromatic carbocycles. The molecule has 0 aliphatic heterocycles. The number of ether oxygens (including phenoxy) is 2. The molecule has 2 rings (SSSR count). The molecule has 0 aliphatic rings. The Bertz CT molecular complexity index is 938. The Morgan fingerprint density at radius 2 is 2.00 bits per heavy atom. The van der Waals surface area contributed by atoms with Gasteiger partial charge in [-0.15, -0.1) is 0 Å². The van der Waals surface area contributed by atoms with E-state index in [0.717, 1.165) is 15.2 Å². The lowest BCUT2D eigenvalue weighted by Crippen LogP contribution is -2.43. The highest BCUT2D eigenvalue weighted by Crippen LogP contribution is 2.27. The Labute approximate surface area is 153 Å². The van der Waals surface area contributed by atoms with Crippen molar-refractivity contribution in [1.29, 1.82) is 0 Å². The summed E-state index contributed by atoms with van der Waals surface area (Å²) in [5.74, 6) is -1.29. The molecule has 0 amide bonds. The van der Waals surface area contributed by atoms with Gasteiger partial charge in [0.15, 0.2) is 6.73 Å². The van der Waals surface area contributed by atoms with Gasteiger partial charge in [0, 0.05) is 25.8 Å². The van der Waals surface area contributed by atoms with Gasteiger partial charge in [-0.2, -0.15) is 0 Å². The lowest BCUT2D eigenvalue weighted by Gasteiger charge is -2.18. The van der Waals surface area contributed by atoms with Crippen molar-refractivity contribution in [3.63, 3.8) is 0 Å². The van der Waals surface area contributed by atoms with Crippen LogP contribution < -0.4 is 11.2 Å². The first-order valence-corrected chi connectivity index (χ1v) is 8.08. The number of nitrogens with zero attached hydrogens (tertiary/aromatic N) is 2. The molecular formula is C17H18ClFN2O5. The first kappa shape index (κ1) is 19.9. The summed E-state index contributed by atoms with van der Waals surface area (Å²) in [4.78, 5) is 36.6. The predicted octanol–water partition coefficient (Wildman–Crippen LogP) is 2.20. The molecule has 0 aliphatic carbocycles. The Morgan fingerprint density at radius 1 is 1.31 bits per heavy atom. The van der Waals surface area contributed by atoms with Gasteiger partial charge < -0.3 is 9.47 Å². The van der Waals surface area contributed by atoms with E-state index in [9.17, 15) is 18.8 Å². The summed E-state index contributed by atoms with van der Waals surface area (Å²) in [5, 5.41) is -0.242. The number of benzene rings is 1. The number of hydrogen-bond acceptors (Lipinski definition) is 5. The number of aromatic nitrogens is 2. The normalized spacial score (nSPS) is 12.0. The fourth-order valence-electron chi connectivity index (χ4n) is 2.48. The molecule has 1 aromatic heterocycles. The SMILES string of the molecule is COC[C@H](C)n1c(=O)c(-c2cccc(F)c2Cl)cn(COC(C)=O)c1=O. The molecule has 140 valence electrons. The molecule has 0 radical (unpaired) electrons. The molecule has 0 unspecified atom stereocenters. The van der Waals surface area contributed by atoms with Crippen molar-refractivity contribution in [2.75, 3.05) is 13.7 Å². The molecule has 26 heavy (non-hydrogen) atoms. The van der Waals surface area contributed by atoms with Gasteiger partial charge in [-0.05, 0) is 13.0 Å². The van der Waals surface area contributed by atoms with Gasteiger partial charge in [-0.25, -0.2) is 9.18 Å². The van der Waals surface area contributed by atoms with Gasteiger partial charge in [0.1, 0.15) is 5.82 Å². The molecule has 0 bridgehead atoms. The summed E-state index contributed by atoms with van der Waals surface area (Å²) < 4.78 is 25.7. The highest BCUT2D eigenvalue weighted by molar-refractivity contribution is 6.33. The van der Waals surface area contributed by atoms with Crippen LogP contribution in [0.15, 0.2) is 34.0 Å². The second kappa shape index (κ2) is 8.29. The number of rotatable bonds is 6. The lowest BCUT2D eigenvalue weighted by atomic mass is 10.1. The van der Waals surface area contributed by atoms with E-state index in [1.54, 1.807) is 6.92 Å². The third-order valence-electron chi connectivity index (χ3n) is 3.68. The smallest absolute Gasteiger partial charge is 0.334 e. The fourth-order valence-corrected chi connectivity index (χ4v) is 2.70. The van der Waals surface area contributed by atoms with Crippen molar-refractivity contribution < 1.29 is 18.7 Å². The summed E-state index contributed by atoms with van der Waals surface area (Å²) in [7, 11) is 1.44. The van der Waals surface area contributed by atoms with Crippen molar-refractivity contribution in [2.24, 2.45) is 0 Å². The maximum atomic E-state index is 13.8. The third kappa shape index (κ3) is 4.03. The van der Waals surface area contributed by atoms with Crippen molar-refractivity contribution in [1.82, 2.24) is 9.13 Å². The first-order chi connectivity index (χ1) is 12.3. The quantitative estimate of drug-likeness (QED) is 0.713. The van der Waals surface area contributed by atoms with Crippen LogP contribution in [0.25, 0.3) is 11.1 Å². The number of esters is 1. The van der Waals surface area contributed by atoms with Gasteiger partial charge in [-0.1, -0.05) is 23.7 Å². The summed E-state index contributed by atoms with van der Waals surface area (Å²) in [6.45, 7) is 2.52. The van der Waals surface area contributed by atoms with Crippen LogP contribution in [-0.2, 0) is 21.0 Å². The largest absolute Gasteiger partial charge is 0.444 e. The second-order valence-electron chi connectivity index (χ2n) is 5.64. The monoisotopic (exact) mass is 384 g/mol. The first-order valence-electron chi connectivity index (χ1n) is 7.70. The zero-order valence-electron chi connectivity index (χ0n) is 14.5. The van der Waals surface area contributed by atoms with Crippen LogP contribution in [0.2, 0.25) is 5.02 Å². The highest BCUT2D eigenvalue weighted by atomic mass is 35.5. The van der Waals surface area contributed by atoms with Gasteiger partial charge >= 0.3 is 11.7 Å². The number of methoxy groups -OCH3 is 1. The van der Waals surface area contributed by atoms with Crippen molar-refractivity contribution in [3.8, 4) is 11.1 Å². The second-order valence-corrected chi connectivity index (χ2v) is 6.02. The summed E-state index contributed by atoms with van der Waals surface area (Å²) >= 11 is 5.99. The molecule has 0 saturated carbocycles. The molecule has 0 fully saturated rings. The third-order valence-corrected chi connectivity index (χ3v) is 4.07. The summed E-state index contributed by atoms with van der Waals surface area (Å²) in [6.07, 6.45) is 1.20. The molecule has 0 N–H and O–H groups in total. The predicted molar refractivity (Wildman–Crippen MR) is 93.7 cm³/mol. The minimum absolute atomic E-state index is 0.00389. The molecular weight excluding hydrogens is 367 g/mol. The van der Waals surface area contributed by atoms with E-state index in [4.69, 9.17) is 21.1 Å². The van der Waals surface area contributed by atoms with Crippen LogP contribution in [-0.4, -0.2) is 28.8 Å². The van der Waals surface area contributed by atoms with E-state index in [2.05, 4.69) is 0 Å². The molecule has 1 heterocycles. The van der Waals surface area contributed by atoms with Gasteiger partial charge in [-0.3, -0.25) is 18.7 Å². The van der Waals surface area contributed by atoms with E-state index in [-0.39, 0.29) is 22.8 Å². The summed E-state index contributed by atoms with van der Waals surface area (Å²) in [6, 6.07) is 3.43. The van der Waals surface area contributed by atoms with E-state index >= 15 is 0 Å². The molecule has 2 aromatic rings. The Hall–Kier alpha value is -2.45. The van der Waals surface area contributed by atoms with E-state index in [0.29, 0.717) is 0 Å². The molecule has 9 heteroatoms. The van der Waals surface area contributed by atoms with Gasteiger partial charge in [0.2, 0.25) is 0 Å².